The lowest BCUT2D eigenvalue weighted by atomic mass is 10.1. The summed E-state index contributed by atoms with van der Waals surface area (Å²) >= 11 is 1.81. The molecule has 3 aromatic carbocycles. The number of benzene rings is 3. The molecular weight excluding hydrogens is 356 g/mol. The molecule has 0 spiro atoms. The van der Waals surface area contributed by atoms with Crippen molar-refractivity contribution in [1.29, 1.82) is 0 Å². The maximum Gasteiger partial charge on any atom is 0.269 e. The molecule has 0 radical (unpaired) electrons. The zero-order valence-corrected chi connectivity index (χ0v) is 15.6. The van der Waals surface area contributed by atoms with Crippen molar-refractivity contribution >= 4 is 28.4 Å². The molecule has 0 aliphatic carbocycles. The molecule has 1 heterocycles. The average Bonchev–Trinajstić information content (AvgIpc) is 3.06. The minimum Gasteiger partial charge on any atom is -0.315 e. The third-order valence-electron chi connectivity index (χ3n) is 4.66. The van der Waals surface area contributed by atoms with E-state index in [1.54, 1.807) is 24.3 Å². The van der Waals surface area contributed by atoms with E-state index in [1.165, 1.54) is 21.4 Å². The highest BCUT2D eigenvalue weighted by atomic mass is 32.2. The quantitative estimate of drug-likeness (QED) is 0.239. The lowest BCUT2D eigenvalue weighted by Gasteiger charge is -2.05. The summed E-state index contributed by atoms with van der Waals surface area (Å²) in [5, 5.41) is 12.1. The number of fused-ring (bicyclic) bond motifs is 1. The van der Waals surface area contributed by atoms with E-state index in [0.717, 1.165) is 17.0 Å². The zero-order chi connectivity index (χ0) is 18.8. The van der Waals surface area contributed by atoms with Crippen molar-refractivity contribution in [3.63, 3.8) is 0 Å². The van der Waals surface area contributed by atoms with Gasteiger partial charge in [0, 0.05) is 40.1 Å². The maximum atomic E-state index is 10.9. The van der Waals surface area contributed by atoms with Gasteiger partial charge in [0.25, 0.3) is 5.69 Å². The third-order valence-corrected chi connectivity index (χ3v) is 5.75. The van der Waals surface area contributed by atoms with Crippen LogP contribution in [0.4, 0.5) is 5.69 Å². The first-order valence-corrected chi connectivity index (χ1v) is 9.64. The summed E-state index contributed by atoms with van der Waals surface area (Å²) in [6.07, 6.45) is 2.12. The monoisotopic (exact) mass is 374 g/mol. The number of non-ortho nitro benzene ring substituents is 1. The molecule has 134 valence electrons. The molecule has 0 aliphatic heterocycles. The van der Waals surface area contributed by atoms with Crippen LogP contribution in [0, 0.1) is 17.0 Å². The van der Waals surface area contributed by atoms with Gasteiger partial charge in [0.05, 0.1) is 10.4 Å². The van der Waals surface area contributed by atoms with Crippen molar-refractivity contribution in [2.24, 2.45) is 0 Å². The van der Waals surface area contributed by atoms with Crippen molar-refractivity contribution < 1.29 is 4.92 Å². The Bertz CT molecular complexity index is 1120. The van der Waals surface area contributed by atoms with E-state index in [0.29, 0.717) is 0 Å². The summed E-state index contributed by atoms with van der Waals surface area (Å²) in [5.74, 6) is 0.904. The number of para-hydroxylation sites is 1. The molecule has 27 heavy (non-hydrogen) atoms. The van der Waals surface area contributed by atoms with Crippen molar-refractivity contribution in [3.8, 4) is 5.69 Å². The summed E-state index contributed by atoms with van der Waals surface area (Å²) in [6.45, 7) is 2.13. The van der Waals surface area contributed by atoms with Gasteiger partial charge in [-0.3, -0.25) is 10.1 Å². The molecule has 5 heteroatoms. The van der Waals surface area contributed by atoms with Crippen LogP contribution in [0.2, 0.25) is 0 Å². The van der Waals surface area contributed by atoms with E-state index in [-0.39, 0.29) is 10.6 Å². The summed E-state index contributed by atoms with van der Waals surface area (Å²) in [4.78, 5) is 11.7. The maximum absolute atomic E-state index is 10.9. The van der Waals surface area contributed by atoms with Crippen LogP contribution in [-0.2, 0) is 5.75 Å². The second-order valence-corrected chi connectivity index (χ2v) is 7.39. The highest BCUT2D eigenvalue weighted by Gasteiger charge is 2.12. The Morgan fingerprint density at radius 3 is 2.41 bits per heavy atom. The molecule has 0 saturated heterocycles. The summed E-state index contributed by atoms with van der Waals surface area (Å²) in [6, 6.07) is 23.4. The van der Waals surface area contributed by atoms with Crippen LogP contribution in [0.3, 0.4) is 0 Å². The van der Waals surface area contributed by atoms with Crippen LogP contribution in [0.1, 0.15) is 11.1 Å². The third kappa shape index (κ3) is 3.46. The second kappa shape index (κ2) is 7.29. The fourth-order valence-electron chi connectivity index (χ4n) is 3.14. The highest BCUT2D eigenvalue weighted by Crippen LogP contribution is 2.34. The van der Waals surface area contributed by atoms with Crippen LogP contribution in [0.5, 0.6) is 0 Å². The van der Waals surface area contributed by atoms with Crippen LogP contribution < -0.4 is 0 Å². The van der Waals surface area contributed by atoms with Crippen LogP contribution in [0.25, 0.3) is 16.6 Å². The van der Waals surface area contributed by atoms with E-state index in [1.807, 2.05) is 23.9 Å². The lowest BCUT2D eigenvalue weighted by Crippen LogP contribution is -1.93. The Morgan fingerprint density at radius 1 is 0.963 bits per heavy atom. The highest BCUT2D eigenvalue weighted by molar-refractivity contribution is 7.98. The minimum atomic E-state index is -0.374. The molecule has 0 saturated carbocycles. The molecule has 1 aromatic heterocycles. The molecule has 0 fully saturated rings. The number of rotatable bonds is 5. The standard InChI is InChI=1S/C22H18N2O2S/c1-16-6-2-3-7-17(16)15-27-22-14-23(21-9-5-4-8-20(21)22)18-10-12-19(13-11-18)24(25)26/h2-14H,15H2,1H3. The van der Waals surface area contributed by atoms with Crippen LogP contribution >= 0.6 is 11.8 Å². The Balaban J connectivity index is 1.70. The first-order valence-electron chi connectivity index (χ1n) is 8.66. The van der Waals surface area contributed by atoms with Gasteiger partial charge in [-0.15, -0.1) is 11.8 Å². The van der Waals surface area contributed by atoms with Crippen molar-refractivity contribution in [3.05, 3.63) is 100 Å². The number of nitro groups is 1. The predicted octanol–water partition coefficient (Wildman–Crippen LogP) is 6.14. The lowest BCUT2D eigenvalue weighted by molar-refractivity contribution is -0.384. The summed E-state index contributed by atoms with van der Waals surface area (Å²) < 4.78 is 2.10. The van der Waals surface area contributed by atoms with Gasteiger partial charge >= 0.3 is 0 Å². The van der Waals surface area contributed by atoms with E-state index in [9.17, 15) is 10.1 Å². The molecule has 0 aliphatic rings. The van der Waals surface area contributed by atoms with Crippen molar-refractivity contribution in [2.75, 3.05) is 0 Å². The number of nitrogens with zero attached hydrogens (tertiary/aromatic N) is 2. The van der Waals surface area contributed by atoms with Crippen molar-refractivity contribution in [1.82, 2.24) is 4.57 Å². The molecule has 4 rings (SSSR count). The second-order valence-electron chi connectivity index (χ2n) is 6.37. The molecule has 0 atom stereocenters. The van der Waals surface area contributed by atoms with Gasteiger partial charge in [0.1, 0.15) is 0 Å². The summed E-state index contributed by atoms with van der Waals surface area (Å²) in [7, 11) is 0. The van der Waals surface area contributed by atoms with Gasteiger partial charge in [-0.2, -0.15) is 0 Å². The average molecular weight is 374 g/mol. The van der Waals surface area contributed by atoms with Crippen molar-refractivity contribution in [2.45, 2.75) is 17.6 Å². The number of hydrogen-bond acceptors (Lipinski definition) is 3. The van der Waals surface area contributed by atoms with Gasteiger partial charge < -0.3 is 4.57 Å². The Morgan fingerprint density at radius 2 is 1.67 bits per heavy atom. The normalized spacial score (nSPS) is 11.0. The smallest absolute Gasteiger partial charge is 0.269 e. The van der Waals surface area contributed by atoms with Gasteiger partial charge in [0.15, 0.2) is 0 Å². The van der Waals surface area contributed by atoms with E-state index in [2.05, 4.69) is 54.1 Å². The first kappa shape index (κ1) is 17.4. The summed E-state index contributed by atoms with van der Waals surface area (Å²) in [5.41, 5.74) is 4.74. The molecule has 4 aromatic rings. The number of aryl methyl sites for hydroxylation is 1. The predicted molar refractivity (Wildman–Crippen MR) is 111 cm³/mol. The number of aromatic nitrogens is 1. The van der Waals surface area contributed by atoms with Gasteiger partial charge in [-0.05, 0) is 36.2 Å². The molecular formula is C22H18N2O2S. The number of thioether (sulfide) groups is 1. The fourth-order valence-corrected chi connectivity index (χ4v) is 4.28. The first-order chi connectivity index (χ1) is 13.1. The zero-order valence-electron chi connectivity index (χ0n) is 14.8. The number of hydrogen-bond donors (Lipinski definition) is 0. The minimum absolute atomic E-state index is 0.101. The topological polar surface area (TPSA) is 48.1 Å². The van der Waals surface area contributed by atoms with Crippen LogP contribution in [0.15, 0.2) is 83.9 Å². The Hall–Kier alpha value is -3.05. The van der Waals surface area contributed by atoms with Crippen LogP contribution in [-0.4, -0.2) is 9.49 Å². The molecule has 0 N–H and O–H groups in total. The van der Waals surface area contributed by atoms with Gasteiger partial charge in [-0.25, -0.2) is 0 Å². The molecule has 0 unspecified atom stereocenters. The van der Waals surface area contributed by atoms with Gasteiger partial charge in [-0.1, -0.05) is 42.5 Å². The number of nitro benzene ring substituents is 1. The Kier molecular flexibility index (Phi) is 4.69. The van der Waals surface area contributed by atoms with E-state index >= 15 is 0 Å². The van der Waals surface area contributed by atoms with E-state index in [4.69, 9.17) is 0 Å². The molecule has 0 amide bonds. The Labute approximate surface area is 161 Å². The molecule has 4 nitrogen and oxygen atoms in total. The fraction of sp³-hybridized carbons (Fsp3) is 0.0909. The largest absolute Gasteiger partial charge is 0.315 e. The molecule has 0 bridgehead atoms. The van der Waals surface area contributed by atoms with Gasteiger partial charge in [0.2, 0.25) is 0 Å². The SMILES string of the molecule is Cc1ccccc1CSc1cn(-c2ccc([N+](=O)[O-])cc2)c2ccccc12. The van der Waals surface area contributed by atoms with E-state index < -0.39 is 0 Å².